The number of carbonyl (C=O) groups is 1. The van der Waals surface area contributed by atoms with E-state index in [2.05, 4.69) is 25.6 Å². The van der Waals surface area contributed by atoms with E-state index in [0.29, 0.717) is 67.8 Å². The van der Waals surface area contributed by atoms with Crippen molar-refractivity contribution in [1.82, 2.24) is 19.5 Å². The van der Waals surface area contributed by atoms with Crippen LogP contribution in [0.15, 0.2) is 18.3 Å². The van der Waals surface area contributed by atoms with E-state index in [9.17, 15) is 23.1 Å². The van der Waals surface area contributed by atoms with Crippen LogP contribution in [0.5, 0.6) is 0 Å². The Balaban J connectivity index is 1.53. The third-order valence-corrected chi connectivity index (χ3v) is 7.43. The van der Waals surface area contributed by atoms with Gasteiger partial charge < -0.3 is 21.5 Å². The van der Waals surface area contributed by atoms with Crippen LogP contribution in [0.4, 0.5) is 30.8 Å². The summed E-state index contributed by atoms with van der Waals surface area (Å²) in [7, 11) is 0. The normalized spacial score (nSPS) is 26.3. The Labute approximate surface area is 205 Å². The molecule has 2 saturated carbocycles. The van der Waals surface area contributed by atoms with Crippen LogP contribution in [-0.4, -0.2) is 42.7 Å². The maximum absolute atomic E-state index is 14.5. The fourth-order valence-corrected chi connectivity index (χ4v) is 5.18. The van der Waals surface area contributed by atoms with Gasteiger partial charge in [0.2, 0.25) is 17.8 Å². The van der Waals surface area contributed by atoms with Gasteiger partial charge in [0.15, 0.2) is 17.3 Å². The molecule has 3 aromatic rings. The monoisotopic (exact) mass is 503 g/mol. The predicted octanol–water partition coefficient (Wildman–Crippen LogP) is 3.92. The van der Waals surface area contributed by atoms with Crippen molar-refractivity contribution in [2.45, 2.75) is 70.1 Å². The lowest BCUT2D eigenvalue weighted by molar-refractivity contribution is -0.128. The molecule has 36 heavy (non-hydrogen) atoms. The van der Waals surface area contributed by atoms with Crippen LogP contribution in [0.1, 0.15) is 57.9 Å². The van der Waals surface area contributed by atoms with E-state index >= 15 is 0 Å². The summed E-state index contributed by atoms with van der Waals surface area (Å²) in [6.07, 6.45) is 5.41. The Morgan fingerprint density at radius 1 is 1.14 bits per heavy atom. The van der Waals surface area contributed by atoms with Crippen molar-refractivity contribution in [3.63, 3.8) is 0 Å². The molecule has 12 heteroatoms. The van der Waals surface area contributed by atoms with E-state index < -0.39 is 28.6 Å². The molecule has 9 nitrogen and oxygen atoms in total. The topological polar surface area (TPSA) is 131 Å². The number of aliphatic hydroxyl groups is 1. The zero-order chi connectivity index (χ0) is 25.6. The smallest absolute Gasteiger partial charge is 0.224 e. The van der Waals surface area contributed by atoms with Gasteiger partial charge in [0, 0.05) is 29.6 Å². The number of aliphatic hydroxyl groups excluding tert-OH is 1. The van der Waals surface area contributed by atoms with Gasteiger partial charge in [-0.2, -0.15) is 4.98 Å². The Hall–Kier alpha value is -3.41. The van der Waals surface area contributed by atoms with Gasteiger partial charge in [0.1, 0.15) is 17.0 Å². The maximum atomic E-state index is 14.5. The number of nitrogens with one attached hydrogen (secondary N) is 2. The highest BCUT2D eigenvalue weighted by atomic mass is 19.1. The van der Waals surface area contributed by atoms with Crippen LogP contribution in [-0.2, 0) is 4.79 Å². The minimum atomic E-state index is -1.09. The summed E-state index contributed by atoms with van der Waals surface area (Å²) in [5.74, 6) is -3.09. The minimum Gasteiger partial charge on any atom is -0.393 e. The molecule has 5 N–H and O–H groups in total. The van der Waals surface area contributed by atoms with Gasteiger partial charge >= 0.3 is 0 Å². The number of aromatic nitrogens is 4. The molecule has 0 unspecified atom stereocenters. The molecule has 5 rings (SSSR count). The van der Waals surface area contributed by atoms with Crippen molar-refractivity contribution in [3.8, 4) is 0 Å². The molecule has 0 bridgehead atoms. The number of benzene rings is 1. The second-order valence-corrected chi connectivity index (χ2v) is 10.0. The molecule has 0 radical (unpaired) electrons. The van der Waals surface area contributed by atoms with E-state index in [4.69, 9.17) is 5.73 Å². The van der Waals surface area contributed by atoms with Crippen molar-refractivity contribution in [1.29, 1.82) is 0 Å². The summed E-state index contributed by atoms with van der Waals surface area (Å²) in [4.78, 5) is 25.4. The van der Waals surface area contributed by atoms with E-state index in [-0.39, 0.29) is 30.0 Å². The molecule has 2 atom stereocenters. The standard InChI is InChI=1S/C24H28F3N7O2/c1-24(21(28)36)6-4-14(5-7-24)34-20-18(11-29-22(33-20)30-13-2-3-15(35)10-13)31-23(34)32-19-16(26)8-12(25)9-17(19)27/h8-9,11,13-15,35H,2-7,10H2,1H3,(H2,28,36)(H,31,32)(H,29,30,33)/t13-,14-,15-,24+/m1/s1. The number of halogens is 3. The second kappa shape index (κ2) is 9.23. The number of carbonyl (C=O) groups excluding carboxylic acids is 1. The first kappa shape index (κ1) is 24.3. The van der Waals surface area contributed by atoms with Crippen molar-refractivity contribution in [2.75, 3.05) is 10.6 Å². The lowest BCUT2D eigenvalue weighted by Gasteiger charge is -2.35. The fraction of sp³-hybridized carbons (Fsp3) is 0.500. The van der Waals surface area contributed by atoms with Gasteiger partial charge in [-0.15, -0.1) is 0 Å². The number of rotatable bonds is 6. The molecule has 1 aromatic carbocycles. The molecule has 2 aliphatic rings. The lowest BCUT2D eigenvalue weighted by Crippen LogP contribution is -2.38. The zero-order valence-corrected chi connectivity index (χ0v) is 19.8. The third kappa shape index (κ3) is 4.57. The molecule has 2 fully saturated rings. The second-order valence-electron chi connectivity index (χ2n) is 10.0. The van der Waals surface area contributed by atoms with Gasteiger partial charge in [0.05, 0.1) is 12.3 Å². The SMILES string of the molecule is C[C@]1(C(N)=O)CC[C@@H](n2c(Nc3c(F)cc(F)cc3F)nc3cnc(N[C@@H]4CC[C@@H](O)C4)nc32)CC1. The number of hydrogen-bond donors (Lipinski definition) is 4. The molecular weight excluding hydrogens is 475 g/mol. The van der Waals surface area contributed by atoms with E-state index in [1.807, 2.05) is 6.92 Å². The number of nitrogens with two attached hydrogens (primary N) is 1. The molecular formula is C24H28F3N7O2. The number of amides is 1. The van der Waals surface area contributed by atoms with E-state index in [1.54, 1.807) is 4.57 Å². The number of primary amides is 1. The minimum absolute atomic E-state index is 0.0276. The highest BCUT2D eigenvalue weighted by molar-refractivity contribution is 5.80. The van der Waals surface area contributed by atoms with Gasteiger partial charge in [-0.05, 0) is 44.9 Å². The summed E-state index contributed by atoms with van der Waals surface area (Å²) in [5.41, 5.74) is 5.29. The van der Waals surface area contributed by atoms with Crippen molar-refractivity contribution >= 4 is 34.7 Å². The lowest BCUT2D eigenvalue weighted by atomic mass is 9.73. The highest BCUT2D eigenvalue weighted by Gasteiger charge is 2.38. The number of hydrogen-bond acceptors (Lipinski definition) is 7. The summed E-state index contributed by atoms with van der Waals surface area (Å²) in [6, 6.07) is 1.02. The zero-order valence-electron chi connectivity index (χ0n) is 19.8. The van der Waals surface area contributed by atoms with Crippen LogP contribution in [0.2, 0.25) is 0 Å². The van der Waals surface area contributed by atoms with Crippen LogP contribution in [0.3, 0.4) is 0 Å². The molecule has 0 spiro atoms. The van der Waals surface area contributed by atoms with Gasteiger partial charge in [0.25, 0.3) is 0 Å². The number of nitrogens with zero attached hydrogens (tertiary/aromatic N) is 4. The predicted molar refractivity (Wildman–Crippen MR) is 127 cm³/mol. The van der Waals surface area contributed by atoms with Gasteiger partial charge in [-0.3, -0.25) is 9.36 Å². The van der Waals surface area contributed by atoms with Crippen LogP contribution < -0.4 is 16.4 Å². The van der Waals surface area contributed by atoms with E-state index in [1.165, 1.54) is 6.20 Å². The summed E-state index contributed by atoms with van der Waals surface area (Å²) in [5, 5.41) is 15.8. The first-order valence-electron chi connectivity index (χ1n) is 12.0. The Kier molecular flexibility index (Phi) is 6.23. The maximum Gasteiger partial charge on any atom is 0.224 e. The Bertz CT molecular complexity index is 1280. The number of imidazole rings is 1. The molecule has 0 aliphatic heterocycles. The van der Waals surface area contributed by atoms with Crippen LogP contribution in [0, 0.1) is 22.9 Å². The summed E-state index contributed by atoms with van der Waals surface area (Å²) >= 11 is 0. The Morgan fingerprint density at radius 3 is 2.44 bits per heavy atom. The molecule has 2 aliphatic carbocycles. The highest BCUT2D eigenvalue weighted by Crippen LogP contribution is 2.43. The quantitative estimate of drug-likeness (QED) is 0.401. The van der Waals surface area contributed by atoms with E-state index in [0.717, 1.165) is 6.42 Å². The largest absolute Gasteiger partial charge is 0.393 e. The molecule has 2 heterocycles. The van der Waals surface area contributed by atoms with Crippen molar-refractivity contribution in [3.05, 3.63) is 35.8 Å². The van der Waals surface area contributed by atoms with Crippen LogP contribution in [0.25, 0.3) is 11.2 Å². The fourth-order valence-electron chi connectivity index (χ4n) is 5.18. The van der Waals surface area contributed by atoms with Crippen molar-refractivity contribution < 1.29 is 23.1 Å². The first-order valence-corrected chi connectivity index (χ1v) is 12.0. The van der Waals surface area contributed by atoms with Crippen molar-refractivity contribution in [2.24, 2.45) is 11.1 Å². The summed E-state index contributed by atoms with van der Waals surface area (Å²) in [6.45, 7) is 1.83. The molecule has 192 valence electrons. The van der Waals surface area contributed by atoms with Gasteiger partial charge in [-0.25, -0.2) is 23.1 Å². The average Bonchev–Trinajstić information content (AvgIpc) is 3.39. The molecule has 0 saturated heterocycles. The third-order valence-electron chi connectivity index (χ3n) is 7.43. The summed E-state index contributed by atoms with van der Waals surface area (Å²) < 4.78 is 44.1. The Morgan fingerprint density at radius 2 is 1.83 bits per heavy atom. The average molecular weight is 504 g/mol. The first-order chi connectivity index (χ1) is 17.1. The molecule has 1 amide bonds. The molecule has 2 aromatic heterocycles. The number of anilines is 3. The van der Waals surface area contributed by atoms with Gasteiger partial charge in [-0.1, -0.05) is 6.92 Å². The number of fused-ring (bicyclic) bond motifs is 1. The van der Waals surface area contributed by atoms with Crippen LogP contribution >= 0.6 is 0 Å².